The Hall–Kier alpha value is -5.11. The molecule has 2 heterocycles. The molecule has 0 saturated carbocycles. The first-order valence-corrected chi connectivity index (χ1v) is 13.9. The predicted octanol–water partition coefficient (Wildman–Crippen LogP) is 3.00. The number of carbonyl (C=O) groups is 5. The van der Waals surface area contributed by atoms with E-state index in [4.69, 9.17) is 37.9 Å². The van der Waals surface area contributed by atoms with Crippen LogP contribution in [0.25, 0.3) is 10.9 Å². The minimum absolute atomic E-state index is 0.0497. The molecule has 1 N–H and O–H groups in total. The maximum atomic E-state index is 12.8. The second-order valence-electron chi connectivity index (χ2n) is 9.85. The number of H-pyrrole nitrogens is 1. The van der Waals surface area contributed by atoms with Gasteiger partial charge in [0.1, 0.15) is 12.3 Å². The molecule has 1 aromatic heterocycles. The van der Waals surface area contributed by atoms with E-state index in [-0.39, 0.29) is 30.4 Å². The third kappa shape index (κ3) is 8.09. The van der Waals surface area contributed by atoms with Crippen molar-refractivity contribution in [2.24, 2.45) is 0 Å². The molecule has 1 fully saturated rings. The van der Waals surface area contributed by atoms with Crippen molar-refractivity contribution < 1.29 is 61.9 Å². The Morgan fingerprint density at radius 2 is 1.47 bits per heavy atom. The van der Waals surface area contributed by atoms with E-state index in [1.807, 2.05) is 30.3 Å². The van der Waals surface area contributed by atoms with Crippen LogP contribution >= 0.6 is 0 Å². The van der Waals surface area contributed by atoms with Crippen LogP contribution < -0.4 is 9.47 Å². The lowest BCUT2D eigenvalue weighted by Gasteiger charge is -2.43. The molecule has 3 aromatic rings. The molecule has 4 rings (SSSR count). The number of hydrogen-bond donors (Lipinski definition) is 1. The van der Waals surface area contributed by atoms with Crippen LogP contribution in [0.4, 0.5) is 0 Å². The van der Waals surface area contributed by atoms with Crippen LogP contribution in [-0.4, -0.2) is 79.3 Å². The van der Waals surface area contributed by atoms with Gasteiger partial charge in [-0.25, -0.2) is 9.59 Å². The number of aromatic nitrogens is 1. The standard InChI is InChI=1S/C31H33NO13/c1-6-39-23-13-20-12-22(29(36)40-15-19-10-8-7-9-11-19)32-21(20)14-24(23)44-31-28(43-18(4)35)26(42-17(3)34)25(41-16(2)33)27(45-31)30(37)38-5/h7-14,25-28,31-32H,6,15H2,1-5H3/t25-,26-,27-,28+,31?/m0/s1. The van der Waals surface area contributed by atoms with Gasteiger partial charge in [-0.05, 0) is 24.6 Å². The first-order valence-electron chi connectivity index (χ1n) is 13.9. The molecule has 0 aliphatic carbocycles. The molecule has 1 aliphatic heterocycles. The largest absolute Gasteiger partial charge is 0.490 e. The Morgan fingerprint density at radius 1 is 0.822 bits per heavy atom. The summed E-state index contributed by atoms with van der Waals surface area (Å²) in [6.07, 6.45) is -7.85. The molecule has 14 nitrogen and oxygen atoms in total. The first-order chi connectivity index (χ1) is 21.5. The summed E-state index contributed by atoms with van der Waals surface area (Å²) in [5.41, 5.74) is 1.43. The van der Waals surface area contributed by atoms with Gasteiger partial charge in [0, 0.05) is 32.2 Å². The van der Waals surface area contributed by atoms with E-state index in [0.717, 1.165) is 33.4 Å². The summed E-state index contributed by atoms with van der Waals surface area (Å²) in [6.45, 7) is 5.29. The van der Waals surface area contributed by atoms with Gasteiger partial charge in [0.15, 0.2) is 29.8 Å². The molecule has 1 aliphatic rings. The molecule has 0 spiro atoms. The van der Waals surface area contributed by atoms with E-state index >= 15 is 0 Å². The van der Waals surface area contributed by atoms with E-state index in [1.54, 1.807) is 19.1 Å². The van der Waals surface area contributed by atoms with Crippen LogP contribution in [0.1, 0.15) is 43.7 Å². The number of ether oxygens (including phenoxy) is 8. The zero-order valence-corrected chi connectivity index (χ0v) is 25.2. The van der Waals surface area contributed by atoms with Crippen molar-refractivity contribution in [3.8, 4) is 11.5 Å². The second-order valence-corrected chi connectivity index (χ2v) is 9.85. The number of fused-ring (bicyclic) bond motifs is 1. The summed E-state index contributed by atoms with van der Waals surface area (Å²) in [6, 6.07) is 13.9. The molecule has 1 unspecified atom stereocenters. The maximum Gasteiger partial charge on any atom is 0.355 e. The van der Waals surface area contributed by atoms with Crippen LogP contribution in [0, 0.1) is 0 Å². The van der Waals surface area contributed by atoms with Gasteiger partial charge in [0.25, 0.3) is 0 Å². The average molecular weight is 628 g/mol. The average Bonchev–Trinajstić information content (AvgIpc) is 3.41. The molecule has 45 heavy (non-hydrogen) atoms. The first kappa shape index (κ1) is 32.8. The number of rotatable bonds is 11. The van der Waals surface area contributed by atoms with Gasteiger partial charge in [-0.15, -0.1) is 0 Å². The number of esters is 5. The topological polar surface area (TPSA) is 175 Å². The van der Waals surface area contributed by atoms with Crippen molar-refractivity contribution in [1.29, 1.82) is 0 Å². The van der Waals surface area contributed by atoms with Gasteiger partial charge in [-0.3, -0.25) is 14.4 Å². The number of nitrogens with one attached hydrogen (secondary N) is 1. The summed E-state index contributed by atoms with van der Waals surface area (Å²) < 4.78 is 44.1. The molecule has 1 saturated heterocycles. The van der Waals surface area contributed by atoms with Crippen LogP contribution in [0.5, 0.6) is 11.5 Å². The lowest BCUT2D eigenvalue weighted by Crippen LogP contribution is -2.64. The Labute approximate surface area is 257 Å². The molecular formula is C31H33NO13. The third-order valence-corrected chi connectivity index (χ3v) is 6.50. The quantitative estimate of drug-likeness (QED) is 0.243. The lowest BCUT2D eigenvalue weighted by molar-refractivity contribution is -0.282. The Balaban J connectivity index is 1.70. The molecular weight excluding hydrogens is 594 g/mol. The number of methoxy groups -OCH3 is 1. The Kier molecular flexibility index (Phi) is 10.6. The van der Waals surface area contributed by atoms with Gasteiger partial charge < -0.3 is 42.9 Å². The van der Waals surface area contributed by atoms with Crippen molar-refractivity contribution in [2.75, 3.05) is 13.7 Å². The molecule has 0 bridgehead atoms. The van der Waals surface area contributed by atoms with Crippen molar-refractivity contribution in [2.45, 2.75) is 65.0 Å². The molecule has 0 radical (unpaired) electrons. The molecule has 5 atom stereocenters. The minimum atomic E-state index is -1.64. The number of carbonyl (C=O) groups excluding carboxylic acids is 5. The maximum absolute atomic E-state index is 12.8. The SMILES string of the molecule is CCOc1cc2cc(C(=O)OCc3ccccc3)[nH]c2cc1OC1O[C@H](C(=O)OC)[C@@H](OC(C)=O)[C@H](OC(C)=O)[C@H]1OC(C)=O. The highest BCUT2D eigenvalue weighted by Gasteiger charge is 2.56. The summed E-state index contributed by atoms with van der Waals surface area (Å²) >= 11 is 0. The van der Waals surface area contributed by atoms with Crippen LogP contribution in [0.3, 0.4) is 0 Å². The fourth-order valence-corrected chi connectivity index (χ4v) is 4.71. The normalized spacial score (nSPS) is 20.9. The zero-order chi connectivity index (χ0) is 32.7. The minimum Gasteiger partial charge on any atom is -0.490 e. The summed E-state index contributed by atoms with van der Waals surface area (Å²) in [4.78, 5) is 64.7. The summed E-state index contributed by atoms with van der Waals surface area (Å²) in [7, 11) is 1.08. The fourth-order valence-electron chi connectivity index (χ4n) is 4.71. The highest BCUT2D eigenvalue weighted by atomic mass is 16.7. The van der Waals surface area contributed by atoms with Gasteiger partial charge in [-0.2, -0.15) is 0 Å². The molecule has 2 aromatic carbocycles. The van der Waals surface area contributed by atoms with Crippen molar-refractivity contribution in [3.63, 3.8) is 0 Å². The number of aromatic amines is 1. The lowest BCUT2D eigenvalue weighted by atomic mass is 9.97. The van der Waals surface area contributed by atoms with Crippen LogP contribution in [0.15, 0.2) is 48.5 Å². The Morgan fingerprint density at radius 3 is 2.09 bits per heavy atom. The van der Waals surface area contributed by atoms with Gasteiger partial charge >= 0.3 is 29.8 Å². The monoisotopic (exact) mass is 627 g/mol. The van der Waals surface area contributed by atoms with Crippen molar-refractivity contribution >= 4 is 40.7 Å². The molecule has 240 valence electrons. The highest BCUT2D eigenvalue weighted by Crippen LogP contribution is 2.37. The molecule has 14 heteroatoms. The van der Waals surface area contributed by atoms with Gasteiger partial charge in [-0.1, -0.05) is 30.3 Å². The Bertz CT molecular complexity index is 1550. The zero-order valence-electron chi connectivity index (χ0n) is 25.2. The molecule has 0 amide bonds. The summed E-state index contributed by atoms with van der Waals surface area (Å²) in [5.74, 6) is -3.78. The van der Waals surface area contributed by atoms with Gasteiger partial charge in [0.05, 0.1) is 19.2 Å². The van der Waals surface area contributed by atoms with E-state index in [9.17, 15) is 24.0 Å². The smallest absolute Gasteiger partial charge is 0.355 e. The van der Waals surface area contributed by atoms with E-state index < -0.39 is 60.6 Å². The summed E-state index contributed by atoms with van der Waals surface area (Å²) in [5, 5.41) is 0.582. The second kappa shape index (κ2) is 14.6. The van der Waals surface area contributed by atoms with E-state index in [1.165, 1.54) is 6.07 Å². The van der Waals surface area contributed by atoms with Crippen LogP contribution in [0.2, 0.25) is 0 Å². The number of benzene rings is 2. The fraction of sp³-hybridized carbons (Fsp3) is 0.387. The number of hydrogen-bond acceptors (Lipinski definition) is 13. The van der Waals surface area contributed by atoms with Crippen molar-refractivity contribution in [3.05, 3.63) is 59.8 Å². The predicted molar refractivity (Wildman–Crippen MR) is 153 cm³/mol. The third-order valence-electron chi connectivity index (χ3n) is 6.50. The van der Waals surface area contributed by atoms with E-state index in [0.29, 0.717) is 10.9 Å². The van der Waals surface area contributed by atoms with Crippen LogP contribution in [-0.2, 0) is 54.2 Å². The van der Waals surface area contributed by atoms with Crippen molar-refractivity contribution in [1.82, 2.24) is 4.98 Å². The van der Waals surface area contributed by atoms with Gasteiger partial charge in [0.2, 0.25) is 12.4 Å². The highest BCUT2D eigenvalue weighted by molar-refractivity contribution is 5.95. The van der Waals surface area contributed by atoms with E-state index in [2.05, 4.69) is 4.98 Å².